The van der Waals surface area contributed by atoms with E-state index in [0.29, 0.717) is 12.0 Å². The van der Waals surface area contributed by atoms with Crippen LogP contribution in [0.3, 0.4) is 0 Å². The van der Waals surface area contributed by atoms with Gasteiger partial charge in [-0.2, -0.15) is 13.2 Å². The molecule has 154 valence electrons. The van der Waals surface area contributed by atoms with Crippen molar-refractivity contribution in [3.8, 4) is 0 Å². The molecule has 0 spiro atoms. The SMILES string of the molecule is CN1CCC(NC(=O)[C@H]2CCC(=O)N(Cc3cccc(C(F)(F)F)c3)C2)CC1. The molecule has 0 aliphatic carbocycles. The lowest BCUT2D eigenvalue weighted by Crippen LogP contribution is -2.49. The lowest BCUT2D eigenvalue weighted by atomic mass is 9.95. The molecule has 1 aromatic carbocycles. The van der Waals surface area contributed by atoms with Gasteiger partial charge < -0.3 is 15.1 Å². The molecule has 0 bridgehead atoms. The van der Waals surface area contributed by atoms with Gasteiger partial charge in [-0.25, -0.2) is 0 Å². The van der Waals surface area contributed by atoms with Crippen LogP contribution < -0.4 is 5.32 Å². The molecular weight excluding hydrogens is 371 g/mol. The smallest absolute Gasteiger partial charge is 0.353 e. The Morgan fingerprint density at radius 3 is 2.61 bits per heavy atom. The fourth-order valence-electron chi connectivity index (χ4n) is 3.82. The number of benzene rings is 1. The molecule has 1 N–H and O–H groups in total. The fraction of sp³-hybridized carbons (Fsp3) is 0.600. The van der Waals surface area contributed by atoms with Gasteiger partial charge in [0, 0.05) is 25.6 Å². The molecule has 0 unspecified atom stereocenters. The van der Waals surface area contributed by atoms with E-state index < -0.39 is 11.7 Å². The summed E-state index contributed by atoms with van der Waals surface area (Å²) < 4.78 is 38.7. The van der Waals surface area contributed by atoms with Crippen molar-refractivity contribution < 1.29 is 22.8 Å². The highest BCUT2D eigenvalue weighted by Crippen LogP contribution is 2.30. The fourth-order valence-corrected chi connectivity index (χ4v) is 3.82. The van der Waals surface area contributed by atoms with Crippen molar-refractivity contribution in [3.05, 3.63) is 35.4 Å². The lowest BCUT2D eigenvalue weighted by molar-refractivity contribution is -0.139. The van der Waals surface area contributed by atoms with E-state index in [1.807, 2.05) is 0 Å². The molecule has 0 aromatic heterocycles. The maximum Gasteiger partial charge on any atom is 0.416 e. The Bertz CT molecular complexity index is 715. The maximum absolute atomic E-state index is 12.9. The van der Waals surface area contributed by atoms with Crippen LogP contribution in [-0.2, 0) is 22.3 Å². The van der Waals surface area contributed by atoms with E-state index >= 15 is 0 Å². The van der Waals surface area contributed by atoms with Gasteiger partial charge in [0.25, 0.3) is 0 Å². The highest BCUT2D eigenvalue weighted by atomic mass is 19.4. The number of amides is 2. The number of hydrogen-bond donors (Lipinski definition) is 1. The van der Waals surface area contributed by atoms with Crippen molar-refractivity contribution >= 4 is 11.8 Å². The van der Waals surface area contributed by atoms with E-state index in [1.54, 1.807) is 6.07 Å². The largest absolute Gasteiger partial charge is 0.416 e. The summed E-state index contributed by atoms with van der Waals surface area (Å²) in [6.07, 6.45) is -1.89. The van der Waals surface area contributed by atoms with Crippen LogP contribution in [0.4, 0.5) is 13.2 Å². The maximum atomic E-state index is 12.9. The van der Waals surface area contributed by atoms with E-state index in [-0.39, 0.29) is 43.3 Å². The Morgan fingerprint density at radius 2 is 1.93 bits per heavy atom. The molecule has 5 nitrogen and oxygen atoms in total. The number of carbonyl (C=O) groups excluding carboxylic acids is 2. The molecule has 2 aliphatic heterocycles. The van der Waals surface area contributed by atoms with E-state index in [0.717, 1.165) is 38.1 Å². The minimum atomic E-state index is -4.42. The minimum Gasteiger partial charge on any atom is -0.353 e. The van der Waals surface area contributed by atoms with Gasteiger partial charge in [0.15, 0.2) is 0 Å². The van der Waals surface area contributed by atoms with Crippen molar-refractivity contribution in [2.75, 3.05) is 26.7 Å². The summed E-state index contributed by atoms with van der Waals surface area (Å²) >= 11 is 0. The Hall–Kier alpha value is -2.09. The molecule has 0 radical (unpaired) electrons. The van der Waals surface area contributed by atoms with Crippen LogP contribution in [-0.4, -0.2) is 54.3 Å². The number of halogens is 3. The lowest BCUT2D eigenvalue weighted by Gasteiger charge is -2.34. The van der Waals surface area contributed by atoms with Gasteiger partial charge in [0.05, 0.1) is 11.5 Å². The van der Waals surface area contributed by atoms with Crippen LogP contribution in [0.25, 0.3) is 0 Å². The second-order valence-electron chi connectivity index (χ2n) is 7.79. The van der Waals surface area contributed by atoms with Gasteiger partial charge in [-0.15, -0.1) is 0 Å². The van der Waals surface area contributed by atoms with Crippen LogP contribution in [0.5, 0.6) is 0 Å². The molecule has 2 heterocycles. The highest BCUT2D eigenvalue weighted by molar-refractivity contribution is 5.84. The number of likely N-dealkylation sites (tertiary alicyclic amines) is 2. The third kappa shape index (κ3) is 5.25. The van der Waals surface area contributed by atoms with E-state index in [2.05, 4.69) is 17.3 Å². The number of rotatable bonds is 4. The zero-order valence-corrected chi connectivity index (χ0v) is 16.0. The molecule has 2 aliphatic rings. The van der Waals surface area contributed by atoms with Crippen molar-refractivity contribution in [1.82, 2.24) is 15.1 Å². The van der Waals surface area contributed by atoms with Crippen LogP contribution in [0, 0.1) is 5.92 Å². The summed E-state index contributed by atoms with van der Waals surface area (Å²) in [7, 11) is 2.05. The van der Waals surface area contributed by atoms with Crippen molar-refractivity contribution in [2.45, 2.75) is 44.4 Å². The molecule has 8 heteroatoms. The molecule has 2 saturated heterocycles. The predicted octanol–water partition coefficient (Wildman–Crippen LogP) is 2.65. The average Bonchev–Trinajstić information content (AvgIpc) is 2.65. The Kier molecular flexibility index (Phi) is 6.27. The third-order valence-corrected chi connectivity index (χ3v) is 5.56. The number of hydrogen-bond acceptors (Lipinski definition) is 3. The molecule has 3 rings (SSSR count). The summed E-state index contributed by atoms with van der Waals surface area (Å²) in [5.41, 5.74) is -0.314. The Labute approximate surface area is 162 Å². The summed E-state index contributed by atoms with van der Waals surface area (Å²) in [5.74, 6) is -0.500. The first-order valence-electron chi connectivity index (χ1n) is 9.65. The van der Waals surface area contributed by atoms with Crippen LogP contribution in [0.15, 0.2) is 24.3 Å². The van der Waals surface area contributed by atoms with Gasteiger partial charge in [-0.3, -0.25) is 9.59 Å². The van der Waals surface area contributed by atoms with E-state index in [4.69, 9.17) is 0 Å². The topological polar surface area (TPSA) is 52.7 Å². The molecule has 28 heavy (non-hydrogen) atoms. The van der Waals surface area contributed by atoms with Crippen molar-refractivity contribution in [3.63, 3.8) is 0 Å². The van der Waals surface area contributed by atoms with E-state index in [1.165, 1.54) is 11.0 Å². The summed E-state index contributed by atoms with van der Waals surface area (Å²) in [6, 6.07) is 5.15. The molecular formula is C20H26F3N3O2. The van der Waals surface area contributed by atoms with Gasteiger partial charge >= 0.3 is 6.18 Å². The van der Waals surface area contributed by atoms with Gasteiger partial charge in [-0.1, -0.05) is 12.1 Å². The Balaban J connectivity index is 1.60. The van der Waals surface area contributed by atoms with Gasteiger partial charge in [-0.05, 0) is 57.1 Å². The monoisotopic (exact) mass is 397 g/mol. The molecule has 1 atom stereocenters. The number of piperidine rings is 2. The quantitative estimate of drug-likeness (QED) is 0.850. The average molecular weight is 397 g/mol. The van der Waals surface area contributed by atoms with Crippen molar-refractivity contribution in [2.24, 2.45) is 5.92 Å². The molecule has 1 aromatic rings. The summed E-state index contributed by atoms with van der Waals surface area (Å²) in [5, 5.41) is 3.09. The first kappa shape index (κ1) is 20.6. The number of carbonyl (C=O) groups is 2. The minimum absolute atomic E-state index is 0.0592. The summed E-state index contributed by atoms with van der Waals surface area (Å²) in [4.78, 5) is 28.6. The first-order valence-corrected chi connectivity index (χ1v) is 9.65. The van der Waals surface area contributed by atoms with Crippen LogP contribution in [0.1, 0.15) is 36.8 Å². The van der Waals surface area contributed by atoms with Crippen LogP contribution >= 0.6 is 0 Å². The molecule has 2 fully saturated rings. The number of nitrogens with zero attached hydrogens (tertiary/aromatic N) is 2. The second kappa shape index (κ2) is 8.51. The molecule has 0 saturated carbocycles. The Morgan fingerprint density at radius 1 is 1.21 bits per heavy atom. The van der Waals surface area contributed by atoms with Crippen molar-refractivity contribution in [1.29, 1.82) is 0 Å². The first-order chi connectivity index (χ1) is 13.2. The molecule has 2 amide bonds. The third-order valence-electron chi connectivity index (χ3n) is 5.56. The normalized spacial score (nSPS) is 22.4. The van der Waals surface area contributed by atoms with Gasteiger partial charge in [0.1, 0.15) is 0 Å². The van der Waals surface area contributed by atoms with E-state index in [9.17, 15) is 22.8 Å². The number of alkyl halides is 3. The number of nitrogens with one attached hydrogen (secondary N) is 1. The second-order valence-corrected chi connectivity index (χ2v) is 7.79. The standard InChI is InChI=1S/C20H26F3N3O2/c1-25-9-7-17(8-10-25)24-19(28)15-5-6-18(27)26(13-15)12-14-3-2-4-16(11-14)20(21,22)23/h2-4,11,15,17H,5-10,12-13H2,1H3,(H,24,28)/t15-/m0/s1. The highest BCUT2D eigenvalue weighted by Gasteiger charge is 2.33. The van der Waals surface area contributed by atoms with Gasteiger partial charge in [0.2, 0.25) is 11.8 Å². The van der Waals surface area contributed by atoms with Crippen LogP contribution in [0.2, 0.25) is 0 Å². The predicted molar refractivity (Wildman–Crippen MR) is 98.2 cm³/mol. The summed E-state index contributed by atoms with van der Waals surface area (Å²) in [6.45, 7) is 2.21. The zero-order chi connectivity index (χ0) is 20.3. The zero-order valence-electron chi connectivity index (χ0n) is 16.0.